The second kappa shape index (κ2) is 9.25. The highest BCUT2D eigenvalue weighted by Gasteiger charge is 2.25. The van der Waals surface area contributed by atoms with Crippen LogP contribution < -0.4 is 0 Å². The van der Waals surface area contributed by atoms with Crippen molar-refractivity contribution in [2.24, 2.45) is 0 Å². The SMILES string of the molecule is Cc1ccc(C(=O)O)c(Cc2c(Cl)ccc(C(=O)c3ccnc4ccccc34)c2Cl)c1C(=O)O. The lowest BCUT2D eigenvalue weighted by atomic mass is 9.90. The number of nitrogens with zero attached hydrogens (tertiary/aromatic N) is 1. The van der Waals surface area contributed by atoms with Crippen molar-refractivity contribution in [3.63, 3.8) is 0 Å². The molecule has 0 atom stereocenters. The van der Waals surface area contributed by atoms with E-state index in [0.29, 0.717) is 22.0 Å². The van der Waals surface area contributed by atoms with E-state index in [-0.39, 0.29) is 50.1 Å². The number of rotatable bonds is 6. The Morgan fingerprint density at radius 2 is 1.53 bits per heavy atom. The van der Waals surface area contributed by atoms with Crippen LogP contribution in [0.5, 0.6) is 0 Å². The lowest BCUT2D eigenvalue weighted by Crippen LogP contribution is -2.13. The van der Waals surface area contributed by atoms with Gasteiger partial charge in [-0.25, -0.2) is 9.59 Å². The zero-order valence-electron chi connectivity index (χ0n) is 17.8. The van der Waals surface area contributed by atoms with Crippen molar-refractivity contribution in [3.8, 4) is 0 Å². The lowest BCUT2D eigenvalue weighted by Gasteiger charge is -2.16. The number of carbonyl (C=O) groups excluding carboxylic acids is 1. The number of carbonyl (C=O) groups is 3. The molecule has 0 radical (unpaired) electrons. The second-order valence-electron chi connectivity index (χ2n) is 7.66. The van der Waals surface area contributed by atoms with E-state index in [9.17, 15) is 24.6 Å². The van der Waals surface area contributed by atoms with Crippen LogP contribution in [-0.2, 0) is 6.42 Å². The van der Waals surface area contributed by atoms with Gasteiger partial charge in [0.15, 0.2) is 5.78 Å². The fraction of sp³-hybridized carbons (Fsp3) is 0.0769. The standard InChI is InChI=1S/C26H17Cl2NO5/c1-13-6-7-16(25(31)32)18(22(13)26(33)34)12-19-20(27)9-8-17(23(19)28)24(30)15-10-11-29-21-5-3-2-4-14(15)21/h2-11H,12H2,1H3,(H,31,32)(H,33,34). The summed E-state index contributed by atoms with van der Waals surface area (Å²) in [6.45, 7) is 1.58. The first-order valence-electron chi connectivity index (χ1n) is 10.1. The largest absolute Gasteiger partial charge is 0.478 e. The molecule has 0 aliphatic heterocycles. The molecule has 2 N–H and O–H groups in total. The van der Waals surface area contributed by atoms with Gasteiger partial charge in [0.1, 0.15) is 0 Å². The van der Waals surface area contributed by atoms with Crippen LogP contribution in [0.25, 0.3) is 10.9 Å². The maximum atomic E-state index is 13.5. The Morgan fingerprint density at radius 3 is 2.24 bits per heavy atom. The van der Waals surface area contributed by atoms with Gasteiger partial charge in [-0.15, -0.1) is 0 Å². The van der Waals surface area contributed by atoms with E-state index in [2.05, 4.69) is 4.98 Å². The number of halogens is 2. The summed E-state index contributed by atoms with van der Waals surface area (Å²) in [6.07, 6.45) is 1.35. The molecule has 0 aliphatic rings. The van der Waals surface area contributed by atoms with Gasteiger partial charge in [0, 0.05) is 34.2 Å². The Bertz CT molecular complexity index is 1490. The van der Waals surface area contributed by atoms with E-state index >= 15 is 0 Å². The molecule has 170 valence electrons. The molecule has 4 aromatic rings. The first-order valence-corrected chi connectivity index (χ1v) is 10.9. The third-order valence-corrected chi connectivity index (χ3v) is 6.43. The molecule has 6 nitrogen and oxygen atoms in total. The van der Waals surface area contributed by atoms with Crippen LogP contribution in [0.15, 0.2) is 60.8 Å². The van der Waals surface area contributed by atoms with Crippen molar-refractivity contribution in [1.82, 2.24) is 4.98 Å². The zero-order chi connectivity index (χ0) is 24.6. The highest BCUT2D eigenvalue weighted by molar-refractivity contribution is 6.39. The minimum atomic E-state index is -1.28. The maximum Gasteiger partial charge on any atom is 0.336 e. The summed E-state index contributed by atoms with van der Waals surface area (Å²) in [7, 11) is 0. The first-order chi connectivity index (χ1) is 16.2. The molecule has 0 amide bonds. The van der Waals surface area contributed by atoms with Gasteiger partial charge in [0.05, 0.1) is 21.7 Å². The molecule has 0 fully saturated rings. The Morgan fingerprint density at radius 1 is 0.824 bits per heavy atom. The smallest absolute Gasteiger partial charge is 0.336 e. The van der Waals surface area contributed by atoms with Crippen molar-refractivity contribution in [2.75, 3.05) is 0 Å². The Hall–Kier alpha value is -3.74. The van der Waals surface area contributed by atoms with Gasteiger partial charge in [-0.1, -0.05) is 47.5 Å². The average Bonchev–Trinajstić information content (AvgIpc) is 2.80. The third-order valence-electron chi connectivity index (χ3n) is 5.64. The van der Waals surface area contributed by atoms with Crippen LogP contribution in [0.3, 0.4) is 0 Å². The molecule has 34 heavy (non-hydrogen) atoms. The summed E-state index contributed by atoms with van der Waals surface area (Å²) < 4.78 is 0. The number of carboxylic acids is 2. The monoisotopic (exact) mass is 493 g/mol. The molecular formula is C26H17Cl2NO5. The van der Waals surface area contributed by atoms with E-state index in [1.807, 2.05) is 6.07 Å². The van der Waals surface area contributed by atoms with Gasteiger partial charge in [0.25, 0.3) is 0 Å². The number of carboxylic acid groups (broad SMARTS) is 2. The Kier molecular flexibility index (Phi) is 6.37. The highest BCUT2D eigenvalue weighted by Crippen LogP contribution is 2.34. The van der Waals surface area contributed by atoms with Crippen LogP contribution in [0.4, 0.5) is 0 Å². The molecule has 0 bridgehead atoms. The number of hydrogen-bond donors (Lipinski definition) is 2. The number of hydrogen-bond acceptors (Lipinski definition) is 4. The molecule has 1 aromatic heterocycles. The van der Waals surface area contributed by atoms with Gasteiger partial charge in [0.2, 0.25) is 0 Å². The lowest BCUT2D eigenvalue weighted by molar-refractivity contribution is 0.0694. The fourth-order valence-corrected chi connectivity index (χ4v) is 4.59. The number of benzene rings is 3. The molecule has 0 unspecified atom stereocenters. The molecule has 4 rings (SSSR count). The van der Waals surface area contributed by atoms with Crippen molar-refractivity contribution >= 4 is 51.8 Å². The molecule has 0 saturated heterocycles. The zero-order valence-corrected chi connectivity index (χ0v) is 19.3. The van der Waals surface area contributed by atoms with Crippen molar-refractivity contribution in [2.45, 2.75) is 13.3 Å². The van der Waals surface area contributed by atoms with E-state index in [4.69, 9.17) is 23.2 Å². The quantitative estimate of drug-likeness (QED) is 0.316. The number of aromatic carboxylic acids is 2. The molecular weight excluding hydrogens is 477 g/mol. The van der Waals surface area contributed by atoms with Gasteiger partial charge >= 0.3 is 11.9 Å². The normalized spacial score (nSPS) is 10.9. The summed E-state index contributed by atoms with van der Waals surface area (Å²) in [5.41, 5.74) is 1.63. The molecule has 0 spiro atoms. The topological polar surface area (TPSA) is 105 Å². The molecule has 0 saturated carbocycles. The highest BCUT2D eigenvalue weighted by atomic mass is 35.5. The summed E-state index contributed by atoms with van der Waals surface area (Å²) in [5, 5.41) is 20.3. The summed E-state index contributed by atoms with van der Waals surface area (Å²) >= 11 is 13.0. The number of aromatic nitrogens is 1. The van der Waals surface area contributed by atoms with E-state index in [1.165, 1.54) is 30.5 Å². The second-order valence-corrected chi connectivity index (χ2v) is 8.45. The van der Waals surface area contributed by atoms with E-state index < -0.39 is 11.9 Å². The summed E-state index contributed by atoms with van der Waals surface area (Å²) in [4.78, 5) is 41.5. The number of ketones is 1. The van der Waals surface area contributed by atoms with Crippen LogP contribution in [0.1, 0.15) is 53.3 Å². The Labute approximate surface area is 204 Å². The number of para-hydroxylation sites is 1. The Balaban J connectivity index is 1.88. The van der Waals surface area contributed by atoms with Gasteiger partial charge < -0.3 is 10.2 Å². The third kappa shape index (κ3) is 4.14. The first kappa shape index (κ1) is 23.4. The van der Waals surface area contributed by atoms with E-state index in [1.54, 1.807) is 31.2 Å². The van der Waals surface area contributed by atoms with Gasteiger partial charge in [-0.3, -0.25) is 9.78 Å². The van der Waals surface area contributed by atoms with Crippen molar-refractivity contribution < 1.29 is 24.6 Å². The average molecular weight is 494 g/mol. The number of fused-ring (bicyclic) bond motifs is 1. The minimum Gasteiger partial charge on any atom is -0.478 e. The van der Waals surface area contributed by atoms with Crippen molar-refractivity contribution in [3.05, 3.63) is 110 Å². The molecule has 0 aliphatic carbocycles. The van der Waals surface area contributed by atoms with Crippen LogP contribution in [0.2, 0.25) is 10.0 Å². The molecule has 1 heterocycles. The van der Waals surface area contributed by atoms with Crippen LogP contribution in [-0.4, -0.2) is 32.9 Å². The van der Waals surface area contributed by atoms with Crippen LogP contribution >= 0.6 is 23.2 Å². The maximum absolute atomic E-state index is 13.5. The molecule has 8 heteroatoms. The number of aryl methyl sites for hydroxylation is 1. The van der Waals surface area contributed by atoms with E-state index in [0.717, 1.165) is 0 Å². The van der Waals surface area contributed by atoms with Crippen molar-refractivity contribution in [1.29, 1.82) is 0 Å². The summed E-state index contributed by atoms with van der Waals surface area (Å²) in [5.74, 6) is -2.90. The van der Waals surface area contributed by atoms with Gasteiger partial charge in [-0.2, -0.15) is 0 Å². The minimum absolute atomic E-state index is 0.0348. The molecule has 3 aromatic carbocycles. The summed E-state index contributed by atoms with van der Waals surface area (Å²) in [6, 6.07) is 14.6. The van der Waals surface area contributed by atoms with Gasteiger partial charge in [-0.05, 0) is 53.9 Å². The predicted octanol–water partition coefficient (Wildman–Crippen LogP) is 6.07. The number of pyridine rings is 1. The van der Waals surface area contributed by atoms with Crippen LogP contribution in [0, 0.1) is 6.92 Å². The predicted molar refractivity (Wildman–Crippen MR) is 130 cm³/mol. The fourth-order valence-electron chi connectivity index (χ4n) is 4.00.